The number of aliphatic carboxylic acids is 1. The van der Waals surface area contributed by atoms with Crippen LogP contribution in [0.5, 0.6) is 0 Å². The molecular weight excluding hydrogens is 196 g/mol. The Balaban J connectivity index is 0.00000144. The molecule has 0 fully saturated rings. The van der Waals surface area contributed by atoms with Crippen molar-refractivity contribution in [2.75, 3.05) is 0 Å². The number of aliphatic hydroxyl groups excluding tert-OH is 1. The van der Waals surface area contributed by atoms with Gasteiger partial charge >= 0.3 is 5.97 Å². The van der Waals surface area contributed by atoms with Crippen molar-refractivity contribution in [3.63, 3.8) is 0 Å². The van der Waals surface area contributed by atoms with Crippen molar-refractivity contribution >= 4 is 18.4 Å². The fourth-order valence-corrected chi connectivity index (χ4v) is 0.858. The zero-order valence-corrected chi connectivity index (χ0v) is 7.86. The molecule has 1 unspecified atom stereocenters. The zero-order valence-electron chi connectivity index (χ0n) is 7.04. The molecule has 0 radical (unpaired) electrons. The minimum atomic E-state index is -1.36. The maximum absolute atomic E-state index is 10.2. The summed E-state index contributed by atoms with van der Waals surface area (Å²) in [5.74, 6) is -1.22. The molecule has 0 amide bonds. The van der Waals surface area contributed by atoms with Crippen LogP contribution in [0.1, 0.15) is 5.69 Å². The van der Waals surface area contributed by atoms with Crippen molar-refractivity contribution in [2.24, 2.45) is 7.05 Å². The number of carboxylic acids is 1. The Bertz CT molecular complexity index is 287. The van der Waals surface area contributed by atoms with E-state index in [1.54, 1.807) is 24.1 Å². The van der Waals surface area contributed by atoms with Gasteiger partial charge in [-0.05, 0) is 0 Å². The van der Waals surface area contributed by atoms with Crippen LogP contribution in [-0.2, 0) is 18.3 Å². The van der Waals surface area contributed by atoms with Crippen LogP contribution in [0.2, 0.25) is 0 Å². The molecule has 0 aromatic carbocycles. The largest absolute Gasteiger partial charge is 0.479 e. The van der Waals surface area contributed by atoms with Gasteiger partial charge in [-0.2, -0.15) is 0 Å². The molecule has 1 aromatic heterocycles. The van der Waals surface area contributed by atoms with E-state index in [2.05, 4.69) is 4.98 Å². The van der Waals surface area contributed by atoms with E-state index in [1.165, 1.54) is 0 Å². The van der Waals surface area contributed by atoms with Gasteiger partial charge in [0.25, 0.3) is 0 Å². The smallest absolute Gasteiger partial charge is 0.332 e. The Morgan fingerprint density at radius 2 is 2.38 bits per heavy atom. The molecule has 0 saturated carbocycles. The minimum Gasteiger partial charge on any atom is -0.479 e. The maximum atomic E-state index is 10.2. The lowest BCUT2D eigenvalue weighted by Crippen LogP contribution is -2.22. The summed E-state index contributed by atoms with van der Waals surface area (Å²) >= 11 is 0. The SMILES string of the molecule is Cl.Cn1cnc(CC(O)C(=O)O)c1. The van der Waals surface area contributed by atoms with Gasteiger partial charge in [0.05, 0.1) is 12.0 Å². The number of aromatic nitrogens is 2. The minimum absolute atomic E-state index is 0. The highest BCUT2D eigenvalue weighted by atomic mass is 35.5. The molecule has 6 heteroatoms. The molecule has 74 valence electrons. The van der Waals surface area contributed by atoms with Gasteiger partial charge in [-0.3, -0.25) is 0 Å². The highest BCUT2D eigenvalue weighted by Gasteiger charge is 2.14. The summed E-state index contributed by atoms with van der Waals surface area (Å²) in [6.07, 6.45) is 1.92. The number of imidazole rings is 1. The number of rotatable bonds is 3. The summed E-state index contributed by atoms with van der Waals surface area (Å²) in [6, 6.07) is 0. The standard InChI is InChI=1S/C7H10N2O3.ClH/c1-9-3-5(8-4-9)2-6(10)7(11)12;/h3-4,6,10H,2H2,1H3,(H,11,12);1H. The second-order valence-electron chi connectivity index (χ2n) is 2.59. The fourth-order valence-electron chi connectivity index (χ4n) is 0.858. The molecule has 0 saturated heterocycles. The van der Waals surface area contributed by atoms with Gasteiger partial charge in [-0.25, -0.2) is 9.78 Å². The topological polar surface area (TPSA) is 75.3 Å². The average Bonchev–Trinajstić information content (AvgIpc) is 2.35. The summed E-state index contributed by atoms with van der Waals surface area (Å²) < 4.78 is 1.70. The first-order chi connectivity index (χ1) is 5.59. The van der Waals surface area contributed by atoms with Gasteiger partial charge in [0, 0.05) is 19.7 Å². The summed E-state index contributed by atoms with van der Waals surface area (Å²) in [4.78, 5) is 14.1. The first-order valence-electron chi connectivity index (χ1n) is 3.47. The van der Waals surface area contributed by atoms with Gasteiger partial charge in [-0.1, -0.05) is 0 Å². The van der Waals surface area contributed by atoms with E-state index in [0.29, 0.717) is 5.69 Å². The third-order valence-corrected chi connectivity index (χ3v) is 1.45. The fraction of sp³-hybridized carbons (Fsp3) is 0.429. The number of aliphatic hydroxyl groups is 1. The van der Waals surface area contributed by atoms with Crippen molar-refractivity contribution < 1.29 is 15.0 Å². The second kappa shape index (κ2) is 4.84. The molecule has 0 aliphatic carbocycles. The maximum Gasteiger partial charge on any atom is 0.332 e. The monoisotopic (exact) mass is 206 g/mol. The van der Waals surface area contributed by atoms with Gasteiger partial charge in [0.1, 0.15) is 0 Å². The summed E-state index contributed by atoms with van der Waals surface area (Å²) in [7, 11) is 1.78. The number of hydrogen-bond donors (Lipinski definition) is 2. The van der Waals surface area contributed by atoms with E-state index in [4.69, 9.17) is 10.2 Å². The molecule has 1 atom stereocenters. The Kier molecular flexibility index (Phi) is 4.44. The van der Waals surface area contributed by atoms with E-state index < -0.39 is 12.1 Å². The first-order valence-corrected chi connectivity index (χ1v) is 3.47. The first kappa shape index (κ1) is 11.9. The van der Waals surface area contributed by atoms with Crippen molar-refractivity contribution in [3.8, 4) is 0 Å². The predicted octanol–water partition coefficient (Wildman–Crippen LogP) is -0.170. The highest BCUT2D eigenvalue weighted by Crippen LogP contribution is 1.99. The molecule has 1 heterocycles. The Morgan fingerprint density at radius 3 is 2.77 bits per heavy atom. The van der Waals surface area contributed by atoms with E-state index >= 15 is 0 Å². The predicted molar refractivity (Wildman–Crippen MR) is 47.8 cm³/mol. The Morgan fingerprint density at radius 1 is 1.77 bits per heavy atom. The average molecular weight is 207 g/mol. The van der Waals surface area contributed by atoms with Crippen molar-refractivity contribution in [3.05, 3.63) is 18.2 Å². The lowest BCUT2D eigenvalue weighted by Gasteiger charge is -2.00. The Labute approximate surface area is 81.4 Å². The number of hydrogen-bond acceptors (Lipinski definition) is 3. The number of nitrogens with zero attached hydrogens (tertiary/aromatic N) is 2. The molecular formula is C7H11ClN2O3. The quantitative estimate of drug-likeness (QED) is 0.720. The van der Waals surface area contributed by atoms with Crippen LogP contribution >= 0.6 is 12.4 Å². The summed E-state index contributed by atoms with van der Waals surface area (Å²) in [5.41, 5.74) is 0.576. The third-order valence-electron chi connectivity index (χ3n) is 1.45. The van der Waals surface area contributed by atoms with Crippen LogP contribution in [0.15, 0.2) is 12.5 Å². The number of carboxylic acid groups (broad SMARTS) is 1. The van der Waals surface area contributed by atoms with Crippen LogP contribution in [0, 0.1) is 0 Å². The molecule has 5 nitrogen and oxygen atoms in total. The van der Waals surface area contributed by atoms with Crippen LogP contribution < -0.4 is 0 Å². The molecule has 1 rings (SSSR count). The van der Waals surface area contributed by atoms with Crippen LogP contribution in [0.4, 0.5) is 0 Å². The summed E-state index contributed by atoms with van der Waals surface area (Å²) in [6.45, 7) is 0. The van der Waals surface area contributed by atoms with Crippen molar-refractivity contribution in [1.29, 1.82) is 0 Å². The van der Waals surface area contributed by atoms with Crippen molar-refractivity contribution in [1.82, 2.24) is 9.55 Å². The molecule has 13 heavy (non-hydrogen) atoms. The third kappa shape index (κ3) is 3.43. The molecule has 2 N–H and O–H groups in total. The van der Waals surface area contributed by atoms with Crippen LogP contribution in [-0.4, -0.2) is 31.8 Å². The normalized spacial score (nSPS) is 11.8. The Hall–Kier alpha value is -1.07. The van der Waals surface area contributed by atoms with Crippen LogP contribution in [0.25, 0.3) is 0 Å². The van der Waals surface area contributed by atoms with Gasteiger partial charge in [-0.15, -0.1) is 12.4 Å². The lowest BCUT2D eigenvalue weighted by molar-refractivity contribution is -0.146. The van der Waals surface area contributed by atoms with Gasteiger partial charge in [0.15, 0.2) is 6.10 Å². The molecule has 0 aliphatic rings. The molecule has 0 bridgehead atoms. The van der Waals surface area contributed by atoms with E-state index in [-0.39, 0.29) is 18.8 Å². The zero-order chi connectivity index (χ0) is 9.14. The lowest BCUT2D eigenvalue weighted by atomic mass is 10.2. The van der Waals surface area contributed by atoms with Gasteiger partial charge < -0.3 is 14.8 Å². The van der Waals surface area contributed by atoms with Gasteiger partial charge in [0.2, 0.25) is 0 Å². The van der Waals surface area contributed by atoms with E-state index in [9.17, 15) is 4.79 Å². The van der Waals surface area contributed by atoms with Crippen LogP contribution in [0.3, 0.4) is 0 Å². The number of aryl methyl sites for hydroxylation is 1. The molecule has 0 aliphatic heterocycles. The second-order valence-corrected chi connectivity index (χ2v) is 2.59. The van der Waals surface area contributed by atoms with E-state index in [1.807, 2.05) is 0 Å². The highest BCUT2D eigenvalue weighted by molar-refractivity contribution is 5.85. The molecule has 1 aromatic rings. The number of carbonyl (C=O) groups is 1. The van der Waals surface area contributed by atoms with E-state index in [0.717, 1.165) is 0 Å². The summed E-state index contributed by atoms with van der Waals surface area (Å²) in [5, 5.41) is 17.3. The number of halogens is 1. The van der Waals surface area contributed by atoms with Crippen molar-refractivity contribution in [2.45, 2.75) is 12.5 Å². The molecule has 0 spiro atoms.